The summed E-state index contributed by atoms with van der Waals surface area (Å²) in [7, 11) is 0. The molecular weight excluding hydrogens is 238 g/mol. The highest BCUT2D eigenvalue weighted by molar-refractivity contribution is 5.94. The Morgan fingerprint density at radius 3 is 2.79 bits per heavy atom. The Labute approximate surface area is 115 Å². The van der Waals surface area contributed by atoms with Gasteiger partial charge in [0.25, 0.3) is 0 Å². The lowest BCUT2D eigenvalue weighted by atomic mass is 10.2. The van der Waals surface area contributed by atoms with Crippen LogP contribution in [-0.2, 0) is 4.79 Å². The van der Waals surface area contributed by atoms with Crippen LogP contribution >= 0.6 is 0 Å². The molecule has 1 amide bonds. The number of nitrogens with zero attached hydrogens (tertiary/aromatic N) is 2. The van der Waals surface area contributed by atoms with Gasteiger partial charge in [-0.15, -0.1) is 0 Å². The van der Waals surface area contributed by atoms with E-state index in [9.17, 15) is 4.79 Å². The lowest BCUT2D eigenvalue weighted by molar-refractivity contribution is -0.119. The first kappa shape index (κ1) is 14.0. The Hall–Kier alpha value is -1.39. The number of hydrogen-bond acceptors (Lipinski definition) is 3. The van der Waals surface area contributed by atoms with Gasteiger partial charge in [0.2, 0.25) is 5.91 Å². The molecule has 1 aliphatic rings. The minimum absolute atomic E-state index is 0.183. The molecule has 0 aromatic heterocycles. The summed E-state index contributed by atoms with van der Waals surface area (Å²) in [6.45, 7) is 8.25. The van der Waals surface area contributed by atoms with E-state index in [-0.39, 0.29) is 5.91 Å². The smallest absolute Gasteiger partial charge is 0.241 e. The number of hydrogen-bond donors (Lipinski definition) is 1. The third kappa shape index (κ3) is 3.78. The summed E-state index contributed by atoms with van der Waals surface area (Å²) in [5.74, 6) is 0.183. The van der Waals surface area contributed by atoms with Gasteiger partial charge in [-0.1, -0.05) is 18.2 Å². The van der Waals surface area contributed by atoms with Crippen molar-refractivity contribution in [1.82, 2.24) is 10.2 Å². The molecule has 1 N–H and O–H groups in total. The fourth-order valence-corrected chi connectivity index (χ4v) is 2.54. The van der Waals surface area contributed by atoms with Gasteiger partial charge in [-0.05, 0) is 26.0 Å². The summed E-state index contributed by atoms with van der Waals surface area (Å²) in [4.78, 5) is 16.5. The van der Waals surface area contributed by atoms with Gasteiger partial charge >= 0.3 is 0 Å². The van der Waals surface area contributed by atoms with Crippen molar-refractivity contribution < 1.29 is 4.79 Å². The SMILES string of the molecule is CCN(C(=O)CN1CCNC(C)C1)c1ccccc1. The number of rotatable bonds is 4. The third-order valence-electron chi connectivity index (χ3n) is 3.50. The first-order valence-corrected chi connectivity index (χ1v) is 7.02. The molecule has 0 bridgehead atoms. The molecule has 1 aromatic carbocycles. The highest BCUT2D eigenvalue weighted by Gasteiger charge is 2.21. The number of anilines is 1. The molecule has 19 heavy (non-hydrogen) atoms. The van der Waals surface area contributed by atoms with Gasteiger partial charge in [0.15, 0.2) is 0 Å². The zero-order valence-corrected chi connectivity index (χ0v) is 11.8. The fraction of sp³-hybridized carbons (Fsp3) is 0.533. The van der Waals surface area contributed by atoms with Crippen LogP contribution in [0.25, 0.3) is 0 Å². The number of carbonyl (C=O) groups is 1. The molecule has 0 saturated carbocycles. The number of amides is 1. The summed E-state index contributed by atoms with van der Waals surface area (Å²) in [5.41, 5.74) is 0.984. The van der Waals surface area contributed by atoms with Crippen LogP contribution in [0.15, 0.2) is 30.3 Å². The minimum atomic E-state index is 0.183. The van der Waals surface area contributed by atoms with E-state index >= 15 is 0 Å². The van der Waals surface area contributed by atoms with Crippen molar-refractivity contribution in [2.75, 3.05) is 37.6 Å². The Balaban J connectivity index is 1.97. The molecule has 0 spiro atoms. The van der Waals surface area contributed by atoms with Crippen LogP contribution in [0.2, 0.25) is 0 Å². The summed E-state index contributed by atoms with van der Waals surface area (Å²) < 4.78 is 0. The van der Waals surface area contributed by atoms with Crippen molar-refractivity contribution >= 4 is 11.6 Å². The zero-order chi connectivity index (χ0) is 13.7. The lowest BCUT2D eigenvalue weighted by Gasteiger charge is -2.33. The Morgan fingerprint density at radius 1 is 1.42 bits per heavy atom. The number of para-hydroxylation sites is 1. The molecular formula is C15H23N3O. The standard InChI is InChI=1S/C15H23N3O/c1-3-18(14-7-5-4-6-8-14)15(19)12-17-10-9-16-13(2)11-17/h4-8,13,16H,3,9-12H2,1-2H3. The highest BCUT2D eigenvalue weighted by atomic mass is 16.2. The van der Waals surface area contributed by atoms with Crippen molar-refractivity contribution in [1.29, 1.82) is 0 Å². The summed E-state index contributed by atoms with van der Waals surface area (Å²) in [6, 6.07) is 10.4. The number of carbonyl (C=O) groups excluding carboxylic acids is 1. The second-order valence-electron chi connectivity index (χ2n) is 5.06. The van der Waals surface area contributed by atoms with Gasteiger partial charge in [0, 0.05) is 37.9 Å². The van der Waals surface area contributed by atoms with Gasteiger partial charge in [-0.2, -0.15) is 0 Å². The van der Waals surface area contributed by atoms with Crippen LogP contribution in [0.4, 0.5) is 5.69 Å². The molecule has 1 fully saturated rings. The van der Waals surface area contributed by atoms with Gasteiger partial charge in [0.1, 0.15) is 0 Å². The topological polar surface area (TPSA) is 35.6 Å². The summed E-state index contributed by atoms with van der Waals surface area (Å²) in [6.07, 6.45) is 0. The van der Waals surface area contributed by atoms with Crippen LogP contribution in [0.1, 0.15) is 13.8 Å². The molecule has 1 unspecified atom stereocenters. The largest absolute Gasteiger partial charge is 0.312 e. The summed E-state index contributed by atoms with van der Waals surface area (Å²) in [5, 5.41) is 3.39. The Kier molecular flexibility index (Phi) is 4.93. The van der Waals surface area contributed by atoms with Gasteiger partial charge in [-0.25, -0.2) is 0 Å². The van der Waals surface area contributed by atoms with E-state index in [4.69, 9.17) is 0 Å². The number of nitrogens with one attached hydrogen (secondary N) is 1. The van der Waals surface area contributed by atoms with Crippen LogP contribution in [0.5, 0.6) is 0 Å². The van der Waals surface area contributed by atoms with E-state index in [1.54, 1.807) is 0 Å². The number of likely N-dealkylation sites (N-methyl/N-ethyl adjacent to an activating group) is 1. The van der Waals surface area contributed by atoms with Crippen molar-refractivity contribution in [3.63, 3.8) is 0 Å². The zero-order valence-electron chi connectivity index (χ0n) is 11.8. The minimum Gasteiger partial charge on any atom is -0.312 e. The van der Waals surface area contributed by atoms with Crippen molar-refractivity contribution in [2.24, 2.45) is 0 Å². The molecule has 1 aromatic rings. The molecule has 0 aliphatic carbocycles. The first-order valence-electron chi connectivity index (χ1n) is 7.02. The molecule has 2 rings (SSSR count). The number of piperazine rings is 1. The second kappa shape index (κ2) is 6.68. The maximum Gasteiger partial charge on any atom is 0.241 e. The monoisotopic (exact) mass is 261 g/mol. The fourth-order valence-electron chi connectivity index (χ4n) is 2.54. The van der Waals surface area contributed by atoms with E-state index < -0.39 is 0 Å². The lowest BCUT2D eigenvalue weighted by Crippen LogP contribution is -2.52. The van der Waals surface area contributed by atoms with Crippen LogP contribution in [-0.4, -0.2) is 49.6 Å². The molecule has 104 valence electrons. The van der Waals surface area contributed by atoms with Crippen molar-refractivity contribution in [3.8, 4) is 0 Å². The number of benzene rings is 1. The molecule has 4 nitrogen and oxygen atoms in total. The average Bonchev–Trinajstić information content (AvgIpc) is 2.41. The molecule has 4 heteroatoms. The molecule has 1 atom stereocenters. The van der Waals surface area contributed by atoms with E-state index in [2.05, 4.69) is 17.1 Å². The Morgan fingerprint density at radius 2 is 2.16 bits per heavy atom. The predicted octanol–water partition coefficient (Wildman–Crippen LogP) is 1.33. The van der Waals surface area contributed by atoms with Crippen LogP contribution in [0, 0.1) is 0 Å². The van der Waals surface area contributed by atoms with E-state index in [0.29, 0.717) is 19.1 Å². The van der Waals surface area contributed by atoms with Gasteiger partial charge < -0.3 is 10.2 Å². The van der Waals surface area contributed by atoms with Crippen LogP contribution < -0.4 is 10.2 Å². The summed E-state index contributed by atoms with van der Waals surface area (Å²) >= 11 is 0. The maximum absolute atomic E-state index is 12.4. The second-order valence-corrected chi connectivity index (χ2v) is 5.06. The first-order chi connectivity index (χ1) is 9.20. The molecule has 1 aliphatic heterocycles. The van der Waals surface area contributed by atoms with E-state index in [1.807, 2.05) is 42.2 Å². The van der Waals surface area contributed by atoms with Crippen molar-refractivity contribution in [3.05, 3.63) is 30.3 Å². The average molecular weight is 261 g/mol. The van der Waals surface area contributed by atoms with Crippen molar-refractivity contribution in [2.45, 2.75) is 19.9 Å². The van der Waals surface area contributed by atoms with Gasteiger partial charge in [0.05, 0.1) is 6.54 Å². The molecule has 1 heterocycles. The van der Waals surface area contributed by atoms with Crippen LogP contribution in [0.3, 0.4) is 0 Å². The molecule has 0 radical (unpaired) electrons. The van der Waals surface area contributed by atoms with Gasteiger partial charge in [-0.3, -0.25) is 9.69 Å². The Bertz CT molecular complexity index is 407. The van der Waals surface area contributed by atoms with E-state index in [1.165, 1.54) is 0 Å². The van der Waals surface area contributed by atoms with E-state index in [0.717, 1.165) is 25.3 Å². The quantitative estimate of drug-likeness (QED) is 0.888. The normalized spacial score (nSPS) is 20.2. The molecule has 1 saturated heterocycles. The maximum atomic E-state index is 12.4. The predicted molar refractivity (Wildman–Crippen MR) is 78.4 cm³/mol. The highest BCUT2D eigenvalue weighted by Crippen LogP contribution is 2.13. The third-order valence-corrected chi connectivity index (χ3v) is 3.50.